The molecular formula is C28H28N2OS. The highest BCUT2D eigenvalue weighted by Gasteiger charge is 2.08. The highest BCUT2D eigenvalue weighted by molar-refractivity contribution is 8.14. The maximum absolute atomic E-state index is 12.2. The van der Waals surface area contributed by atoms with E-state index in [4.69, 9.17) is 0 Å². The van der Waals surface area contributed by atoms with Crippen molar-refractivity contribution >= 4 is 39.4 Å². The van der Waals surface area contributed by atoms with Crippen LogP contribution in [-0.4, -0.2) is 43.0 Å². The number of benzene rings is 3. The van der Waals surface area contributed by atoms with Gasteiger partial charge in [-0.25, -0.2) is 0 Å². The minimum atomic E-state index is 0.138. The van der Waals surface area contributed by atoms with Crippen molar-refractivity contribution in [1.82, 2.24) is 4.90 Å². The number of hydrogen-bond acceptors (Lipinski definition) is 4. The Morgan fingerprint density at radius 2 is 1.78 bits per heavy atom. The fourth-order valence-electron chi connectivity index (χ4n) is 3.57. The van der Waals surface area contributed by atoms with Gasteiger partial charge in [-0.05, 0) is 52.4 Å². The Morgan fingerprint density at radius 3 is 2.53 bits per heavy atom. The summed E-state index contributed by atoms with van der Waals surface area (Å²) in [6.45, 7) is 1.72. The molecule has 1 heterocycles. The van der Waals surface area contributed by atoms with Crippen LogP contribution in [0.15, 0.2) is 96.7 Å². The largest absolute Gasteiger partial charge is 0.378 e. The normalized spacial score (nSPS) is 13.6. The number of thioether (sulfide) groups is 1. The second-order valence-corrected chi connectivity index (χ2v) is 9.10. The Labute approximate surface area is 194 Å². The van der Waals surface area contributed by atoms with Crippen molar-refractivity contribution in [2.45, 2.75) is 0 Å². The van der Waals surface area contributed by atoms with Crippen LogP contribution in [0.5, 0.6) is 0 Å². The SMILES string of the molecule is CN(C)c1ccc2cc(/C=C/C3=CCN(CCSC(=O)c4ccccc4)C=C3)ccc2c1. The molecule has 3 nitrogen and oxygen atoms in total. The molecule has 0 unspecified atom stereocenters. The summed E-state index contributed by atoms with van der Waals surface area (Å²) in [6, 6.07) is 22.6. The molecule has 32 heavy (non-hydrogen) atoms. The van der Waals surface area contributed by atoms with Gasteiger partial charge in [-0.1, -0.05) is 78.5 Å². The first-order chi connectivity index (χ1) is 15.6. The lowest BCUT2D eigenvalue weighted by molar-refractivity contribution is 0.108. The van der Waals surface area contributed by atoms with E-state index in [0.29, 0.717) is 0 Å². The third kappa shape index (κ3) is 5.71. The molecule has 0 amide bonds. The average molecular weight is 441 g/mol. The van der Waals surface area contributed by atoms with Gasteiger partial charge in [0.05, 0.1) is 0 Å². The van der Waals surface area contributed by atoms with Crippen LogP contribution < -0.4 is 4.90 Å². The molecule has 0 radical (unpaired) electrons. The van der Waals surface area contributed by atoms with Crippen LogP contribution in [0, 0.1) is 0 Å². The molecule has 0 aliphatic carbocycles. The molecule has 4 rings (SSSR count). The summed E-state index contributed by atoms with van der Waals surface area (Å²) in [5, 5.41) is 2.64. The summed E-state index contributed by atoms with van der Waals surface area (Å²) in [5.41, 5.74) is 4.39. The first-order valence-electron chi connectivity index (χ1n) is 10.8. The van der Waals surface area contributed by atoms with Crippen molar-refractivity contribution in [3.8, 4) is 0 Å². The van der Waals surface area contributed by atoms with Gasteiger partial charge in [0.2, 0.25) is 5.12 Å². The van der Waals surface area contributed by atoms with Crippen molar-refractivity contribution < 1.29 is 4.79 Å². The van der Waals surface area contributed by atoms with E-state index in [1.54, 1.807) is 0 Å². The third-order valence-corrected chi connectivity index (χ3v) is 6.38. The number of anilines is 1. The quantitative estimate of drug-likeness (QED) is 0.433. The fourth-order valence-corrected chi connectivity index (χ4v) is 4.39. The molecule has 0 aromatic heterocycles. The second kappa shape index (κ2) is 10.4. The molecule has 0 saturated heterocycles. The van der Waals surface area contributed by atoms with E-state index >= 15 is 0 Å². The number of carbonyl (C=O) groups is 1. The summed E-state index contributed by atoms with van der Waals surface area (Å²) in [6.07, 6.45) is 10.8. The van der Waals surface area contributed by atoms with E-state index in [1.165, 1.54) is 39.4 Å². The van der Waals surface area contributed by atoms with Crippen molar-refractivity contribution in [2.24, 2.45) is 0 Å². The van der Waals surface area contributed by atoms with Crippen LogP contribution in [0.3, 0.4) is 0 Å². The van der Waals surface area contributed by atoms with Gasteiger partial charge in [-0.15, -0.1) is 0 Å². The Hall–Kier alpha value is -3.24. The van der Waals surface area contributed by atoms with E-state index < -0.39 is 0 Å². The fraction of sp³-hybridized carbons (Fsp3) is 0.179. The Bertz CT molecular complexity index is 1180. The molecular weight excluding hydrogens is 412 g/mol. The van der Waals surface area contributed by atoms with Gasteiger partial charge in [0.1, 0.15) is 0 Å². The second-order valence-electron chi connectivity index (χ2n) is 8.04. The maximum Gasteiger partial charge on any atom is 0.219 e. The van der Waals surface area contributed by atoms with Crippen LogP contribution in [0.25, 0.3) is 16.8 Å². The van der Waals surface area contributed by atoms with Crippen molar-refractivity contribution in [1.29, 1.82) is 0 Å². The third-order valence-electron chi connectivity index (χ3n) is 5.49. The molecule has 4 heteroatoms. The summed E-state index contributed by atoms with van der Waals surface area (Å²) >= 11 is 1.38. The zero-order valence-corrected chi connectivity index (χ0v) is 19.4. The van der Waals surface area contributed by atoms with Gasteiger partial charge in [0.15, 0.2) is 0 Å². The maximum atomic E-state index is 12.2. The minimum absolute atomic E-state index is 0.138. The Kier molecular flexibility index (Phi) is 7.13. The predicted molar refractivity (Wildman–Crippen MR) is 139 cm³/mol. The summed E-state index contributed by atoms with van der Waals surface area (Å²) in [5.74, 6) is 0.781. The van der Waals surface area contributed by atoms with Crippen molar-refractivity contribution in [2.75, 3.05) is 37.8 Å². The number of nitrogens with zero attached hydrogens (tertiary/aromatic N) is 2. The number of rotatable bonds is 7. The lowest BCUT2D eigenvalue weighted by atomic mass is 10.0. The Balaban J connectivity index is 1.28. The molecule has 3 aromatic carbocycles. The first-order valence-corrected chi connectivity index (χ1v) is 11.8. The van der Waals surface area contributed by atoms with E-state index in [9.17, 15) is 4.79 Å². The van der Waals surface area contributed by atoms with Gasteiger partial charge in [0, 0.05) is 44.2 Å². The lowest BCUT2D eigenvalue weighted by Gasteiger charge is -2.21. The number of carbonyl (C=O) groups excluding carboxylic acids is 1. The molecule has 0 fully saturated rings. The van der Waals surface area contributed by atoms with Gasteiger partial charge < -0.3 is 9.80 Å². The molecule has 0 bridgehead atoms. The average Bonchev–Trinajstić information content (AvgIpc) is 2.83. The molecule has 0 atom stereocenters. The molecule has 162 valence electrons. The summed E-state index contributed by atoms with van der Waals surface area (Å²) in [4.78, 5) is 16.6. The van der Waals surface area contributed by atoms with Gasteiger partial charge >= 0.3 is 0 Å². The molecule has 1 aliphatic rings. The molecule has 0 spiro atoms. The molecule has 0 N–H and O–H groups in total. The smallest absolute Gasteiger partial charge is 0.219 e. The minimum Gasteiger partial charge on any atom is -0.378 e. The standard InChI is InChI=1S/C28H28N2OS/c1-29(2)27-13-12-25-20-23(10-11-26(25)21-27)9-8-22-14-16-30(17-15-22)18-19-32-28(31)24-6-4-3-5-7-24/h3-16,20-21H,17-19H2,1-2H3/b9-8+. The van der Waals surface area contributed by atoms with Crippen LogP contribution in [-0.2, 0) is 0 Å². The number of hydrogen-bond donors (Lipinski definition) is 0. The van der Waals surface area contributed by atoms with E-state index in [0.717, 1.165) is 24.4 Å². The van der Waals surface area contributed by atoms with E-state index in [2.05, 4.69) is 90.8 Å². The first kappa shape index (κ1) is 22.0. The topological polar surface area (TPSA) is 23.6 Å². The van der Waals surface area contributed by atoms with Gasteiger partial charge in [-0.2, -0.15) is 0 Å². The number of allylic oxidation sites excluding steroid dienone is 3. The van der Waals surface area contributed by atoms with E-state index in [1.807, 2.05) is 30.3 Å². The van der Waals surface area contributed by atoms with Crippen molar-refractivity contribution in [3.05, 3.63) is 108 Å². The molecule has 3 aromatic rings. The zero-order valence-electron chi connectivity index (χ0n) is 18.6. The van der Waals surface area contributed by atoms with Crippen LogP contribution in [0.2, 0.25) is 0 Å². The molecule has 1 aliphatic heterocycles. The van der Waals surface area contributed by atoms with Crippen LogP contribution >= 0.6 is 11.8 Å². The monoisotopic (exact) mass is 440 g/mol. The van der Waals surface area contributed by atoms with Crippen LogP contribution in [0.4, 0.5) is 5.69 Å². The highest BCUT2D eigenvalue weighted by Crippen LogP contribution is 2.23. The molecule has 0 saturated carbocycles. The zero-order chi connectivity index (χ0) is 22.3. The van der Waals surface area contributed by atoms with Crippen LogP contribution in [0.1, 0.15) is 15.9 Å². The summed E-state index contributed by atoms with van der Waals surface area (Å²) in [7, 11) is 4.13. The highest BCUT2D eigenvalue weighted by atomic mass is 32.2. The lowest BCUT2D eigenvalue weighted by Crippen LogP contribution is -2.22. The number of fused-ring (bicyclic) bond motifs is 1. The van der Waals surface area contributed by atoms with E-state index in [-0.39, 0.29) is 5.12 Å². The van der Waals surface area contributed by atoms with Crippen molar-refractivity contribution in [3.63, 3.8) is 0 Å². The summed E-state index contributed by atoms with van der Waals surface area (Å²) < 4.78 is 0. The Morgan fingerprint density at radius 1 is 1.00 bits per heavy atom. The van der Waals surface area contributed by atoms with Gasteiger partial charge in [0.25, 0.3) is 0 Å². The van der Waals surface area contributed by atoms with Gasteiger partial charge in [-0.3, -0.25) is 4.79 Å². The predicted octanol–water partition coefficient (Wildman–Crippen LogP) is 6.25.